The molecule has 12 heteroatoms. The van der Waals surface area contributed by atoms with Gasteiger partial charge in [-0.3, -0.25) is 4.79 Å². The van der Waals surface area contributed by atoms with Gasteiger partial charge in [-0.05, 0) is 47.7 Å². The Morgan fingerprint density at radius 2 is 1.41 bits per heavy atom. The maximum atomic E-state index is 13.6. The predicted molar refractivity (Wildman–Crippen MR) is 171 cm³/mol. The van der Waals surface area contributed by atoms with Crippen LogP contribution in [-0.2, 0) is 37.8 Å². The van der Waals surface area contributed by atoms with Gasteiger partial charge in [-0.15, -0.1) is 0 Å². The highest BCUT2D eigenvalue weighted by Crippen LogP contribution is 2.22. The first-order valence-electron chi connectivity index (χ1n) is 14.5. The molecule has 0 unspecified atom stereocenters. The Morgan fingerprint density at radius 3 is 1.95 bits per heavy atom. The van der Waals surface area contributed by atoms with Gasteiger partial charge in [0.2, 0.25) is 26.0 Å². The zero-order valence-electron chi connectivity index (χ0n) is 25.6. The number of aliphatic hydroxyl groups excluding tert-OH is 1. The fourth-order valence-corrected chi connectivity index (χ4v) is 7.58. The molecule has 0 aromatic heterocycles. The molecule has 3 atom stereocenters. The van der Waals surface area contributed by atoms with Crippen LogP contribution < -0.4 is 14.8 Å². The van der Waals surface area contributed by atoms with E-state index in [0.29, 0.717) is 5.75 Å². The van der Waals surface area contributed by atoms with Crippen molar-refractivity contribution < 1.29 is 31.5 Å². The summed E-state index contributed by atoms with van der Waals surface area (Å²) in [6.45, 7) is 5.21. The van der Waals surface area contributed by atoms with E-state index in [-0.39, 0.29) is 36.9 Å². The Labute approximate surface area is 261 Å². The second-order valence-electron chi connectivity index (χ2n) is 11.3. The zero-order chi connectivity index (χ0) is 32.3. The number of carbonyl (C=O) groups is 1. The molecule has 240 valence electrons. The number of nitrogens with zero attached hydrogens (tertiary/aromatic N) is 1. The molecular formula is C32H43N3O7S2. The number of hydrogen-bond donors (Lipinski definition) is 3. The van der Waals surface area contributed by atoms with Crippen LogP contribution in [0.3, 0.4) is 0 Å². The summed E-state index contributed by atoms with van der Waals surface area (Å²) in [4.78, 5) is 13.3. The standard InChI is InChI=1S/C32H43N3O7S2/c1-24(2)21-35(44(40,41)29-17-15-28(42-4)16-18-29)22-31(36)30(19-26-11-7-5-8-12-26)34-32(37)25(3)23-43(38,39)33-20-27-13-9-6-10-14-27/h5-18,24-25,30-31,33,36H,19-23H2,1-4H3,(H,34,37)/t25-,30-,31+/m0/s1. The molecule has 3 aromatic carbocycles. The Hall–Kier alpha value is -3.29. The molecule has 44 heavy (non-hydrogen) atoms. The molecule has 0 saturated carbocycles. The van der Waals surface area contributed by atoms with Crippen molar-refractivity contribution in [3.63, 3.8) is 0 Å². The van der Waals surface area contributed by atoms with Gasteiger partial charge in [-0.1, -0.05) is 81.4 Å². The van der Waals surface area contributed by atoms with Gasteiger partial charge in [0, 0.05) is 19.6 Å². The number of carbonyl (C=O) groups excluding carboxylic acids is 1. The van der Waals surface area contributed by atoms with Crippen molar-refractivity contribution in [2.75, 3.05) is 26.0 Å². The lowest BCUT2D eigenvalue weighted by Gasteiger charge is -2.31. The third kappa shape index (κ3) is 10.7. The molecule has 3 rings (SSSR count). The van der Waals surface area contributed by atoms with Crippen molar-refractivity contribution in [3.8, 4) is 5.75 Å². The van der Waals surface area contributed by atoms with Crippen LogP contribution in [0.25, 0.3) is 0 Å². The molecule has 0 fully saturated rings. The van der Waals surface area contributed by atoms with Gasteiger partial charge in [0.25, 0.3) is 0 Å². The minimum absolute atomic E-state index is 0.0500. The number of methoxy groups -OCH3 is 1. The smallest absolute Gasteiger partial charge is 0.243 e. The fraction of sp³-hybridized carbons (Fsp3) is 0.406. The minimum atomic E-state index is -4.00. The summed E-state index contributed by atoms with van der Waals surface area (Å²) in [5.74, 6) is -1.50. The number of sulfonamides is 2. The van der Waals surface area contributed by atoms with Crippen LogP contribution in [0.2, 0.25) is 0 Å². The molecule has 3 N–H and O–H groups in total. The molecule has 10 nitrogen and oxygen atoms in total. The number of nitrogens with one attached hydrogen (secondary N) is 2. The van der Waals surface area contributed by atoms with E-state index >= 15 is 0 Å². The average molecular weight is 646 g/mol. The number of benzene rings is 3. The normalized spacial score (nSPS) is 14.2. The van der Waals surface area contributed by atoms with Gasteiger partial charge in [0.15, 0.2) is 0 Å². The topological polar surface area (TPSA) is 142 Å². The van der Waals surface area contributed by atoms with Crippen molar-refractivity contribution in [1.29, 1.82) is 0 Å². The van der Waals surface area contributed by atoms with Gasteiger partial charge in [-0.25, -0.2) is 21.6 Å². The van der Waals surface area contributed by atoms with Gasteiger partial charge >= 0.3 is 0 Å². The van der Waals surface area contributed by atoms with Crippen molar-refractivity contribution in [2.24, 2.45) is 11.8 Å². The van der Waals surface area contributed by atoms with E-state index in [1.807, 2.05) is 62.4 Å². The number of aliphatic hydroxyl groups is 1. The predicted octanol–water partition coefficient (Wildman–Crippen LogP) is 3.19. The Morgan fingerprint density at radius 1 is 0.841 bits per heavy atom. The second kappa shape index (κ2) is 16.1. The van der Waals surface area contributed by atoms with E-state index in [4.69, 9.17) is 4.74 Å². The highest BCUT2D eigenvalue weighted by molar-refractivity contribution is 7.89. The zero-order valence-corrected chi connectivity index (χ0v) is 27.2. The number of rotatable bonds is 17. The van der Waals surface area contributed by atoms with E-state index in [0.717, 1.165) is 11.1 Å². The third-order valence-corrected chi connectivity index (χ3v) is 10.4. The first-order valence-corrected chi connectivity index (χ1v) is 17.6. The molecule has 0 heterocycles. The molecule has 0 aliphatic rings. The van der Waals surface area contributed by atoms with Gasteiger partial charge < -0.3 is 15.2 Å². The monoisotopic (exact) mass is 645 g/mol. The van der Waals surface area contributed by atoms with Gasteiger partial charge in [0.1, 0.15) is 5.75 Å². The van der Waals surface area contributed by atoms with Crippen LogP contribution >= 0.6 is 0 Å². The van der Waals surface area contributed by atoms with Crippen LogP contribution in [0, 0.1) is 11.8 Å². The van der Waals surface area contributed by atoms with E-state index in [9.17, 15) is 26.7 Å². The molecule has 3 aromatic rings. The Bertz CT molecular complexity index is 1530. The van der Waals surface area contributed by atoms with Crippen LogP contribution in [0.4, 0.5) is 0 Å². The lowest BCUT2D eigenvalue weighted by atomic mass is 10.00. The Balaban J connectivity index is 1.78. The largest absolute Gasteiger partial charge is 0.497 e. The maximum absolute atomic E-state index is 13.6. The highest BCUT2D eigenvalue weighted by Gasteiger charge is 2.32. The van der Waals surface area contributed by atoms with Crippen LogP contribution in [0.1, 0.15) is 31.9 Å². The van der Waals surface area contributed by atoms with Crippen molar-refractivity contribution in [3.05, 3.63) is 96.1 Å². The molecule has 0 bridgehead atoms. The van der Waals surface area contributed by atoms with Crippen molar-refractivity contribution >= 4 is 26.0 Å². The summed E-state index contributed by atoms with van der Waals surface area (Å²) >= 11 is 0. The fourth-order valence-electron chi connectivity index (χ4n) is 4.64. The van der Waals surface area contributed by atoms with Crippen LogP contribution in [-0.4, -0.2) is 70.3 Å². The Kier molecular flexibility index (Phi) is 12.9. The minimum Gasteiger partial charge on any atom is -0.497 e. The third-order valence-electron chi connectivity index (χ3n) is 7.00. The SMILES string of the molecule is COc1ccc(S(=O)(=O)N(CC(C)C)C[C@@H](O)[C@H](Cc2ccccc2)NC(=O)[C@@H](C)CS(=O)(=O)NCc2ccccc2)cc1. The first kappa shape index (κ1) is 35.2. The van der Waals surface area contributed by atoms with E-state index in [1.54, 1.807) is 24.3 Å². The molecule has 0 aliphatic carbocycles. The quantitative estimate of drug-likeness (QED) is 0.205. The summed E-state index contributed by atoms with van der Waals surface area (Å²) in [6.07, 6.45) is -1.09. The lowest BCUT2D eigenvalue weighted by Crippen LogP contribution is -2.52. The second-order valence-corrected chi connectivity index (χ2v) is 15.0. The molecular weight excluding hydrogens is 603 g/mol. The summed E-state index contributed by atoms with van der Waals surface area (Å²) in [5.41, 5.74) is 1.60. The van der Waals surface area contributed by atoms with E-state index < -0.39 is 49.8 Å². The number of ether oxygens (including phenoxy) is 1. The van der Waals surface area contributed by atoms with Crippen molar-refractivity contribution in [2.45, 2.75) is 50.8 Å². The molecule has 0 spiro atoms. The molecule has 0 aliphatic heterocycles. The molecule has 0 radical (unpaired) electrons. The van der Waals surface area contributed by atoms with Crippen LogP contribution in [0.15, 0.2) is 89.8 Å². The van der Waals surface area contributed by atoms with Gasteiger partial charge in [-0.2, -0.15) is 4.31 Å². The summed E-state index contributed by atoms with van der Waals surface area (Å²) in [6, 6.07) is 23.3. The first-order chi connectivity index (χ1) is 20.8. The van der Waals surface area contributed by atoms with Crippen LogP contribution in [0.5, 0.6) is 5.75 Å². The maximum Gasteiger partial charge on any atom is 0.243 e. The summed E-state index contributed by atoms with van der Waals surface area (Å²) in [5, 5.41) is 14.3. The van der Waals surface area contributed by atoms with E-state index in [2.05, 4.69) is 10.0 Å². The van der Waals surface area contributed by atoms with Gasteiger partial charge in [0.05, 0.1) is 35.8 Å². The number of amides is 1. The van der Waals surface area contributed by atoms with Crippen molar-refractivity contribution in [1.82, 2.24) is 14.3 Å². The highest BCUT2D eigenvalue weighted by atomic mass is 32.2. The summed E-state index contributed by atoms with van der Waals surface area (Å²) < 4.78 is 61.7. The van der Waals surface area contributed by atoms with E-state index in [1.165, 1.54) is 30.5 Å². The summed E-state index contributed by atoms with van der Waals surface area (Å²) in [7, 11) is -6.31. The average Bonchev–Trinajstić information content (AvgIpc) is 3.00. The number of hydrogen-bond acceptors (Lipinski definition) is 7. The molecule has 0 saturated heterocycles. The lowest BCUT2D eigenvalue weighted by molar-refractivity contribution is -0.125. The molecule has 1 amide bonds.